The number of hydrogen-bond acceptors (Lipinski definition) is 7. The third-order valence-corrected chi connectivity index (χ3v) is 3.55. The Kier molecular flexibility index (Phi) is 7.62. The molecule has 0 radical (unpaired) electrons. The van der Waals surface area contributed by atoms with Gasteiger partial charge in [-0.1, -0.05) is 6.07 Å². The van der Waals surface area contributed by atoms with Gasteiger partial charge in [0.1, 0.15) is 5.75 Å². The summed E-state index contributed by atoms with van der Waals surface area (Å²) in [5.41, 5.74) is -1.12. The lowest BCUT2D eigenvalue weighted by molar-refractivity contribution is -0.141. The monoisotopic (exact) mass is 388 g/mol. The Hall–Kier alpha value is -1.40. The van der Waals surface area contributed by atoms with Gasteiger partial charge in [-0.25, -0.2) is 0 Å². The SMILES string of the molecule is COCOc1c(C(F)(F)F)ccc(COS(C)(=O)=O)c1C(OC)OC. The van der Waals surface area contributed by atoms with Crippen LogP contribution in [0.5, 0.6) is 5.75 Å². The summed E-state index contributed by atoms with van der Waals surface area (Å²) in [6, 6.07) is 1.84. The number of ether oxygens (including phenoxy) is 4. The molecule has 1 rings (SSSR count). The summed E-state index contributed by atoms with van der Waals surface area (Å²) in [6.07, 6.45) is -5.14. The predicted octanol–water partition coefficient (Wildman–Crippen LogP) is 2.46. The molecule has 0 atom stereocenters. The van der Waals surface area contributed by atoms with Crippen molar-refractivity contribution in [1.82, 2.24) is 0 Å². The average Bonchev–Trinajstić information content (AvgIpc) is 2.51. The van der Waals surface area contributed by atoms with Gasteiger partial charge in [0, 0.05) is 21.3 Å². The fourth-order valence-electron chi connectivity index (χ4n) is 2.02. The Labute approximate surface area is 143 Å². The van der Waals surface area contributed by atoms with Gasteiger partial charge in [0.05, 0.1) is 24.0 Å². The second-order valence-electron chi connectivity index (χ2n) is 4.83. The Morgan fingerprint density at radius 1 is 1.12 bits per heavy atom. The summed E-state index contributed by atoms with van der Waals surface area (Å²) in [7, 11) is -0.136. The summed E-state index contributed by atoms with van der Waals surface area (Å²) in [5, 5.41) is 0. The molecule has 0 N–H and O–H groups in total. The van der Waals surface area contributed by atoms with Crippen LogP contribution in [0.3, 0.4) is 0 Å². The predicted molar refractivity (Wildman–Crippen MR) is 80.3 cm³/mol. The maximum absolute atomic E-state index is 13.3. The van der Waals surface area contributed by atoms with Crippen molar-refractivity contribution in [3.63, 3.8) is 0 Å². The molecule has 1 aromatic carbocycles. The van der Waals surface area contributed by atoms with E-state index < -0.39 is 47.3 Å². The van der Waals surface area contributed by atoms with Crippen LogP contribution in [-0.2, 0) is 41.3 Å². The van der Waals surface area contributed by atoms with Gasteiger partial charge in [-0.15, -0.1) is 0 Å². The third-order valence-electron chi connectivity index (χ3n) is 3.01. The molecule has 0 aliphatic heterocycles. The van der Waals surface area contributed by atoms with E-state index in [9.17, 15) is 21.6 Å². The second kappa shape index (κ2) is 8.81. The van der Waals surface area contributed by atoms with Gasteiger partial charge >= 0.3 is 6.18 Å². The highest BCUT2D eigenvalue weighted by Gasteiger charge is 2.38. The highest BCUT2D eigenvalue weighted by atomic mass is 32.2. The molecule has 7 nitrogen and oxygen atoms in total. The van der Waals surface area contributed by atoms with Crippen molar-refractivity contribution in [3.05, 3.63) is 28.8 Å². The van der Waals surface area contributed by atoms with Crippen LogP contribution in [0.15, 0.2) is 12.1 Å². The Bertz CT molecular complexity index is 670. The highest BCUT2D eigenvalue weighted by molar-refractivity contribution is 7.85. The zero-order chi connectivity index (χ0) is 19.3. The number of halogens is 3. The lowest BCUT2D eigenvalue weighted by Crippen LogP contribution is -2.17. The number of hydrogen-bond donors (Lipinski definition) is 0. The van der Waals surface area contributed by atoms with Crippen molar-refractivity contribution in [2.75, 3.05) is 34.4 Å². The first-order valence-electron chi connectivity index (χ1n) is 6.79. The molecule has 0 amide bonds. The summed E-state index contributed by atoms with van der Waals surface area (Å²) in [4.78, 5) is 0. The van der Waals surface area contributed by atoms with E-state index in [1.807, 2.05) is 0 Å². The van der Waals surface area contributed by atoms with Gasteiger partial charge in [-0.2, -0.15) is 21.6 Å². The van der Waals surface area contributed by atoms with Crippen molar-refractivity contribution in [2.45, 2.75) is 19.1 Å². The van der Waals surface area contributed by atoms with E-state index in [4.69, 9.17) is 14.2 Å². The smallest absolute Gasteiger partial charge is 0.419 e. The minimum Gasteiger partial charge on any atom is -0.466 e. The van der Waals surface area contributed by atoms with Crippen LogP contribution in [0.2, 0.25) is 0 Å². The zero-order valence-corrected chi connectivity index (χ0v) is 14.9. The van der Waals surface area contributed by atoms with Crippen LogP contribution in [0.25, 0.3) is 0 Å². The molecule has 0 saturated carbocycles. The van der Waals surface area contributed by atoms with Crippen molar-refractivity contribution in [2.24, 2.45) is 0 Å². The largest absolute Gasteiger partial charge is 0.466 e. The first kappa shape index (κ1) is 21.6. The molecule has 144 valence electrons. The van der Waals surface area contributed by atoms with Crippen molar-refractivity contribution in [1.29, 1.82) is 0 Å². The Balaban J connectivity index is 3.56. The lowest BCUT2D eigenvalue weighted by Gasteiger charge is -2.24. The first-order chi connectivity index (χ1) is 11.5. The maximum atomic E-state index is 13.3. The second-order valence-corrected chi connectivity index (χ2v) is 6.48. The van der Waals surface area contributed by atoms with Crippen LogP contribution in [0.1, 0.15) is 23.0 Å². The molecule has 0 aliphatic rings. The van der Waals surface area contributed by atoms with E-state index in [0.717, 1.165) is 18.4 Å². The Morgan fingerprint density at radius 3 is 2.16 bits per heavy atom. The first-order valence-corrected chi connectivity index (χ1v) is 8.61. The standard InChI is InChI=1S/C14H19F3O7S/c1-20-8-23-12-10(14(15,16)17)6-5-9(7-24-25(4,18)19)11(12)13(21-2)22-3/h5-6,13H,7-8H2,1-4H3. The van der Waals surface area contributed by atoms with E-state index in [1.54, 1.807) is 0 Å². The van der Waals surface area contributed by atoms with E-state index >= 15 is 0 Å². The van der Waals surface area contributed by atoms with Crippen molar-refractivity contribution in [3.8, 4) is 5.75 Å². The molecule has 0 unspecified atom stereocenters. The normalized spacial score (nSPS) is 12.6. The van der Waals surface area contributed by atoms with Gasteiger partial charge in [0.15, 0.2) is 13.1 Å². The van der Waals surface area contributed by atoms with Gasteiger partial charge in [0.2, 0.25) is 0 Å². The zero-order valence-electron chi connectivity index (χ0n) is 14.0. The van der Waals surface area contributed by atoms with E-state index in [1.165, 1.54) is 21.3 Å². The molecule has 0 aromatic heterocycles. The summed E-state index contributed by atoms with van der Waals surface area (Å²) >= 11 is 0. The summed E-state index contributed by atoms with van der Waals surface area (Å²) < 4.78 is 86.8. The molecule has 0 heterocycles. The average molecular weight is 388 g/mol. The topological polar surface area (TPSA) is 80.3 Å². The van der Waals surface area contributed by atoms with Gasteiger partial charge in [-0.05, 0) is 11.6 Å². The third kappa shape index (κ3) is 6.12. The molecule has 0 aliphatic carbocycles. The fourth-order valence-corrected chi connectivity index (χ4v) is 2.36. The minimum absolute atomic E-state index is 0.0956. The van der Waals surface area contributed by atoms with Crippen LogP contribution in [0.4, 0.5) is 13.2 Å². The molecular weight excluding hydrogens is 369 g/mol. The fraction of sp³-hybridized carbons (Fsp3) is 0.571. The van der Waals surface area contributed by atoms with Gasteiger partial charge in [0.25, 0.3) is 10.1 Å². The Morgan fingerprint density at radius 2 is 1.72 bits per heavy atom. The van der Waals surface area contributed by atoms with Crippen LogP contribution >= 0.6 is 0 Å². The number of methoxy groups -OCH3 is 3. The molecule has 11 heteroatoms. The van der Waals surface area contributed by atoms with E-state index in [2.05, 4.69) is 8.92 Å². The lowest BCUT2D eigenvalue weighted by atomic mass is 10.0. The summed E-state index contributed by atoms with van der Waals surface area (Å²) in [5.74, 6) is -0.586. The maximum Gasteiger partial charge on any atom is 0.419 e. The number of rotatable bonds is 9. The molecular formula is C14H19F3O7S. The van der Waals surface area contributed by atoms with E-state index in [-0.39, 0.29) is 11.1 Å². The number of benzene rings is 1. The number of alkyl halides is 3. The van der Waals surface area contributed by atoms with Crippen molar-refractivity contribution < 1.29 is 44.7 Å². The molecule has 1 aromatic rings. The molecule has 0 fully saturated rings. The van der Waals surface area contributed by atoms with Crippen LogP contribution in [-0.4, -0.2) is 42.8 Å². The minimum atomic E-state index is -4.72. The van der Waals surface area contributed by atoms with Crippen LogP contribution < -0.4 is 4.74 Å². The highest BCUT2D eigenvalue weighted by Crippen LogP contribution is 2.43. The molecule has 25 heavy (non-hydrogen) atoms. The van der Waals surface area contributed by atoms with E-state index in [0.29, 0.717) is 0 Å². The van der Waals surface area contributed by atoms with Crippen LogP contribution in [0, 0.1) is 0 Å². The summed E-state index contributed by atoms with van der Waals surface area (Å²) in [6.45, 7) is -0.981. The quantitative estimate of drug-likeness (QED) is 0.475. The molecule has 0 saturated heterocycles. The molecule has 0 bridgehead atoms. The van der Waals surface area contributed by atoms with Gasteiger partial charge < -0.3 is 18.9 Å². The molecule has 0 spiro atoms. The van der Waals surface area contributed by atoms with Gasteiger partial charge in [-0.3, -0.25) is 4.18 Å². The van der Waals surface area contributed by atoms with Crippen molar-refractivity contribution >= 4 is 10.1 Å².